The third-order valence-corrected chi connectivity index (χ3v) is 5.91. The maximum atomic E-state index is 5.16. The van der Waals surface area contributed by atoms with Gasteiger partial charge in [0.1, 0.15) is 0 Å². The molecule has 2 nitrogen and oxygen atoms in total. The van der Waals surface area contributed by atoms with E-state index >= 15 is 0 Å². The van der Waals surface area contributed by atoms with Crippen LogP contribution in [0.25, 0.3) is 0 Å². The molecular weight excluding hydrogens is 258 g/mol. The van der Waals surface area contributed by atoms with Gasteiger partial charge < -0.3 is 10.1 Å². The Labute approximate surface area is 129 Å². The van der Waals surface area contributed by atoms with Crippen molar-refractivity contribution >= 4 is 0 Å². The largest absolute Gasteiger partial charge is 0.383 e. The van der Waals surface area contributed by atoms with Crippen molar-refractivity contribution < 1.29 is 4.74 Å². The second-order valence-corrected chi connectivity index (χ2v) is 7.46. The number of hydrogen-bond donors (Lipinski definition) is 1. The van der Waals surface area contributed by atoms with Crippen molar-refractivity contribution in [1.29, 1.82) is 0 Å². The van der Waals surface area contributed by atoms with Crippen molar-refractivity contribution in [1.82, 2.24) is 5.32 Å². The van der Waals surface area contributed by atoms with Crippen molar-refractivity contribution in [3.8, 4) is 0 Å². The fraction of sp³-hybridized carbons (Fsp3) is 0.684. The van der Waals surface area contributed by atoms with E-state index in [-0.39, 0.29) is 0 Å². The van der Waals surface area contributed by atoms with Gasteiger partial charge in [0.15, 0.2) is 0 Å². The van der Waals surface area contributed by atoms with E-state index in [1.165, 1.54) is 43.2 Å². The van der Waals surface area contributed by atoms with Crippen LogP contribution in [-0.2, 0) is 10.2 Å². The molecule has 1 spiro atoms. The zero-order chi connectivity index (χ0) is 14.9. The summed E-state index contributed by atoms with van der Waals surface area (Å²) < 4.78 is 5.16. The average Bonchev–Trinajstić information content (AvgIpc) is 2.38. The molecule has 21 heavy (non-hydrogen) atoms. The summed E-state index contributed by atoms with van der Waals surface area (Å²) in [4.78, 5) is 0. The summed E-state index contributed by atoms with van der Waals surface area (Å²) in [5, 5.41) is 3.62. The lowest BCUT2D eigenvalue weighted by Crippen LogP contribution is -2.57. The fourth-order valence-corrected chi connectivity index (χ4v) is 4.42. The van der Waals surface area contributed by atoms with Crippen LogP contribution >= 0.6 is 0 Å². The zero-order valence-corrected chi connectivity index (χ0v) is 13.8. The lowest BCUT2D eigenvalue weighted by Gasteiger charge is -2.62. The molecule has 2 saturated carbocycles. The molecule has 0 saturated heterocycles. The first-order valence-corrected chi connectivity index (χ1v) is 8.37. The Morgan fingerprint density at radius 3 is 2.48 bits per heavy atom. The zero-order valence-electron chi connectivity index (χ0n) is 13.8. The third-order valence-electron chi connectivity index (χ3n) is 5.91. The molecule has 2 heteroatoms. The van der Waals surface area contributed by atoms with Crippen LogP contribution in [0.15, 0.2) is 18.2 Å². The summed E-state index contributed by atoms with van der Waals surface area (Å²) in [6.07, 6.45) is 7.11. The Morgan fingerprint density at radius 2 is 1.90 bits per heavy atom. The predicted molar refractivity (Wildman–Crippen MR) is 87.9 cm³/mol. The molecule has 3 rings (SSSR count). The molecule has 0 aliphatic heterocycles. The molecule has 0 amide bonds. The Hall–Kier alpha value is -0.860. The van der Waals surface area contributed by atoms with Gasteiger partial charge in [-0.1, -0.05) is 24.6 Å². The lowest BCUT2D eigenvalue weighted by molar-refractivity contribution is -0.0485. The van der Waals surface area contributed by atoms with Crippen molar-refractivity contribution in [3.63, 3.8) is 0 Å². The highest BCUT2D eigenvalue weighted by Gasteiger charge is 2.57. The summed E-state index contributed by atoms with van der Waals surface area (Å²) in [5.74, 6) is 0. The van der Waals surface area contributed by atoms with Crippen molar-refractivity contribution in [2.45, 2.75) is 51.4 Å². The molecule has 0 aromatic heterocycles. The van der Waals surface area contributed by atoms with E-state index < -0.39 is 0 Å². The Kier molecular flexibility index (Phi) is 4.11. The van der Waals surface area contributed by atoms with E-state index in [2.05, 4.69) is 37.4 Å². The van der Waals surface area contributed by atoms with Crippen LogP contribution < -0.4 is 5.32 Å². The summed E-state index contributed by atoms with van der Waals surface area (Å²) >= 11 is 0. The van der Waals surface area contributed by atoms with Crippen molar-refractivity contribution in [3.05, 3.63) is 34.9 Å². The molecule has 0 atom stereocenters. The quantitative estimate of drug-likeness (QED) is 0.805. The monoisotopic (exact) mass is 287 g/mol. The van der Waals surface area contributed by atoms with Gasteiger partial charge in [-0.3, -0.25) is 0 Å². The molecule has 2 aliphatic rings. The molecule has 0 heterocycles. The molecule has 0 radical (unpaired) electrons. The average molecular weight is 287 g/mol. The maximum Gasteiger partial charge on any atom is 0.0587 e. The molecule has 2 aliphatic carbocycles. The Balaban J connectivity index is 1.74. The maximum absolute atomic E-state index is 5.16. The smallest absolute Gasteiger partial charge is 0.0587 e. The topological polar surface area (TPSA) is 21.3 Å². The standard InChI is InChI=1S/C19H29NO/c1-15-5-6-17(11-16(15)2)19(14-20-9-10-21-3)12-18(13-19)7-4-8-18/h5-6,11,20H,4,7-10,12-14H2,1-3H3. The van der Waals surface area contributed by atoms with E-state index in [4.69, 9.17) is 4.74 Å². The first-order chi connectivity index (χ1) is 10.1. The van der Waals surface area contributed by atoms with Crippen LogP contribution in [0.2, 0.25) is 0 Å². The Morgan fingerprint density at radius 1 is 1.14 bits per heavy atom. The molecule has 2 fully saturated rings. The second-order valence-electron chi connectivity index (χ2n) is 7.46. The van der Waals surface area contributed by atoms with Gasteiger partial charge in [0.25, 0.3) is 0 Å². The number of rotatable bonds is 6. The minimum atomic E-state index is 0.368. The number of aryl methyl sites for hydroxylation is 2. The summed E-state index contributed by atoms with van der Waals surface area (Å²) in [6, 6.07) is 7.10. The van der Waals surface area contributed by atoms with Crippen molar-refractivity contribution in [2.24, 2.45) is 5.41 Å². The number of ether oxygens (including phenoxy) is 1. The number of hydrogen-bond acceptors (Lipinski definition) is 2. The van der Waals surface area contributed by atoms with Crippen molar-refractivity contribution in [2.75, 3.05) is 26.8 Å². The summed E-state index contributed by atoms with van der Waals surface area (Å²) in [7, 11) is 1.77. The fourth-order valence-electron chi connectivity index (χ4n) is 4.42. The lowest BCUT2D eigenvalue weighted by atomic mass is 9.43. The Bertz CT molecular complexity index is 496. The highest BCUT2D eigenvalue weighted by Crippen LogP contribution is 2.64. The van der Waals surface area contributed by atoms with E-state index in [1.807, 2.05) is 0 Å². The van der Waals surface area contributed by atoms with Gasteiger partial charge in [-0.2, -0.15) is 0 Å². The minimum Gasteiger partial charge on any atom is -0.383 e. The van der Waals surface area contributed by atoms with E-state index in [0.717, 1.165) is 19.7 Å². The van der Waals surface area contributed by atoms with Crippen LogP contribution in [-0.4, -0.2) is 26.8 Å². The first-order valence-electron chi connectivity index (χ1n) is 8.37. The molecule has 0 unspecified atom stereocenters. The van der Waals surface area contributed by atoms with Gasteiger partial charge in [0.2, 0.25) is 0 Å². The molecule has 1 aromatic rings. The van der Waals surface area contributed by atoms with E-state index in [1.54, 1.807) is 12.7 Å². The first kappa shape index (κ1) is 15.1. The third kappa shape index (κ3) is 2.76. The van der Waals surface area contributed by atoms with E-state index in [9.17, 15) is 0 Å². The summed E-state index contributed by atoms with van der Waals surface area (Å²) in [6.45, 7) is 7.30. The van der Waals surface area contributed by atoms with Crippen LogP contribution in [0.1, 0.15) is 48.8 Å². The van der Waals surface area contributed by atoms with Crippen LogP contribution in [0.5, 0.6) is 0 Å². The SMILES string of the molecule is COCCNCC1(c2ccc(C)c(C)c2)CC2(CCC2)C1. The van der Waals surface area contributed by atoms with Crippen LogP contribution in [0.3, 0.4) is 0 Å². The molecule has 116 valence electrons. The second kappa shape index (κ2) is 5.73. The summed E-state index contributed by atoms with van der Waals surface area (Å²) in [5.41, 5.74) is 5.44. The molecule has 0 bridgehead atoms. The molecular formula is C19H29NO. The highest BCUT2D eigenvalue weighted by atomic mass is 16.5. The van der Waals surface area contributed by atoms with Gasteiger partial charge in [-0.15, -0.1) is 0 Å². The normalized spacial score (nSPS) is 21.9. The number of benzene rings is 1. The number of methoxy groups -OCH3 is 1. The predicted octanol–water partition coefficient (Wildman–Crippen LogP) is 3.74. The van der Waals surface area contributed by atoms with Gasteiger partial charge >= 0.3 is 0 Å². The molecule has 1 aromatic carbocycles. The highest BCUT2D eigenvalue weighted by molar-refractivity contribution is 5.38. The van der Waals surface area contributed by atoms with Gasteiger partial charge in [-0.25, -0.2) is 0 Å². The van der Waals surface area contributed by atoms with Gasteiger partial charge in [0, 0.05) is 25.6 Å². The molecule has 1 N–H and O–H groups in total. The van der Waals surface area contributed by atoms with Crippen LogP contribution in [0, 0.1) is 19.3 Å². The number of nitrogens with one attached hydrogen (secondary N) is 1. The van der Waals surface area contributed by atoms with Gasteiger partial charge in [0.05, 0.1) is 6.61 Å². The van der Waals surface area contributed by atoms with E-state index in [0.29, 0.717) is 10.8 Å². The van der Waals surface area contributed by atoms with Gasteiger partial charge in [-0.05, 0) is 61.6 Å². The van der Waals surface area contributed by atoms with Crippen LogP contribution in [0.4, 0.5) is 0 Å². The minimum absolute atomic E-state index is 0.368.